The fourth-order valence-corrected chi connectivity index (χ4v) is 4.76. The van der Waals surface area contributed by atoms with Crippen molar-refractivity contribution in [2.24, 2.45) is 12.8 Å². The summed E-state index contributed by atoms with van der Waals surface area (Å²) in [6.45, 7) is 2.36. The second-order valence-electron chi connectivity index (χ2n) is 8.78. The quantitative estimate of drug-likeness (QED) is 0.621. The number of carbonyl (C=O) groups is 2. The van der Waals surface area contributed by atoms with Gasteiger partial charge in [-0.05, 0) is 60.2 Å². The zero-order valence-electron chi connectivity index (χ0n) is 19.1. The van der Waals surface area contributed by atoms with Gasteiger partial charge in [0.2, 0.25) is 5.91 Å². The minimum absolute atomic E-state index is 0.0212. The van der Waals surface area contributed by atoms with Gasteiger partial charge in [-0.15, -0.1) is 0 Å². The molecule has 0 saturated heterocycles. The minimum atomic E-state index is 0.0212. The third kappa shape index (κ3) is 4.28. The van der Waals surface area contributed by atoms with E-state index in [2.05, 4.69) is 34.3 Å². The number of hydrogen-bond donors (Lipinski definition) is 2. The summed E-state index contributed by atoms with van der Waals surface area (Å²) in [7, 11) is 3.89. The van der Waals surface area contributed by atoms with Gasteiger partial charge in [-0.25, -0.2) is 0 Å². The first-order chi connectivity index (χ1) is 15.4. The zero-order valence-corrected chi connectivity index (χ0v) is 19.1. The standard InChI is InChI=1S/C26H32N4O2/c1-4-25(31)28-21-10-11-22(14-21)30(3)26(32)18-7-5-17(6-8-18)19-9-12-24-23(13-19)20(15-27)16-29(24)2/h5-9,12-13,16,21-22H,4,10-11,14-15,27H2,1-3H3,(H,28,31). The summed E-state index contributed by atoms with van der Waals surface area (Å²) < 4.78 is 2.10. The summed E-state index contributed by atoms with van der Waals surface area (Å²) in [5, 5.41) is 4.22. The summed E-state index contributed by atoms with van der Waals surface area (Å²) in [5.41, 5.74) is 11.1. The first-order valence-electron chi connectivity index (χ1n) is 11.4. The highest BCUT2D eigenvalue weighted by Crippen LogP contribution is 2.29. The number of fused-ring (bicyclic) bond motifs is 1. The highest BCUT2D eigenvalue weighted by atomic mass is 16.2. The number of nitrogens with zero attached hydrogens (tertiary/aromatic N) is 2. The SMILES string of the molecule is CCC(=O)NC1CCC(N(C)C(=O)c2ccc(-c3ccc4c(c3)c(CN)cn4C)cc2)C1. The van der Waals surface area contributed by atoms with Gasteiger partial charge in [0, 0.05) is 61.8 Å². The number of hydrogen-bond acceptors (Lipinski definition) is 3. The maximum atomic E-state index is 13.0. The van der Waals surface area contributed by atoms with Crippen LogP contribution in [0.15, 0.2) is 48.7 Å². The van der Waals surface area contributed by atoms with E-state index in [1.54, 1.807) is 0 Å². The molecule has 2 unspecified atom stereocenters. The summed E-state index contributed by atoms with van der Waals surface area (Å²) in [6, 6.07) is 14.5. The highest BCUT2D eigenvalue weighted by Gasteiger charge is 2.30. The fourth-order valence-electron chi connectivity index (χ4n) is 4.76. The van der Waals surface area contributed by atoms with Crippen molar-refractivity contribution in [1.29, 1.82) is 0 Å². The summed E-state index contributed by atoms with van der Waals surface area (Å²) in [4.78, 5) is 26.5. The van der Waals surface area contributed by atoms with Crippen LogP contribution in [-0.4, -0.2) is 40.4 Å². The third-order valence-electron chi connectivity index (χ3n) is 6.72. The number of amides is 2. The predicted molar refractivity (Wildman–Crippen MR) is 128 cm³/mol. The van der Waals surface area contributed by atoms with Gasteiger partial charge < -0.3 is 20.5 Å². The van der Waals surface area contributed by atoms with Gasteiger partial charge in [0.25, 0.3) is 5.91 Å². The summed E-state index contributed by atoms with van der Waals surface area (Å²) in [5.74, 6) is 0.0976. The smallest absolute Gasteiger partial charge is 0.253 e. The second kappa shape index (κ2) is 9.17. The number of carbonyl (C=O) groups excluding carboxylic acids is 2. The molecule has 0 radical (unpaired) electrons. The molecule has 1 saturated carbocycles. The van der Waals surface area contributed by atoms with Crippen LogP contribution in [0.5, 0.6) is 0 Å². The van der Waals surface area contributed by atoms with Crippen molar-refractivity contribution in [3.05, 3.63) is 59.8 Å². The summed E-state index contributed by atoms with van der Waals surface area (Å²) in [6.07, 6.45) is 5.21. The lowest BCUT2D eigenvalue weighted by Crippen LogP contribution is -2.38. The van der Waals surface area contributed by atoms with E-state index in [0.717, 1.165) is 41.5 Å². The molecule has 168 valence electrons. The molecular formula is C26H32N4O2. The molecule has 3 N–H and O–H groups in total. The predicted octanol–water partition coefficient (Wildman–Crippen LogP) is 3.82. The molecule has 2 aromatic carbocycles. The van der Waals surface area contributed by atoms with Crippen LogP contribution in [-0.2, 0) is 18.4 Å². The molecule has 1 aliphatic rings. The van der Waals surface area contributed by atoms with E-state index in [1.165, 1.54) is 5.39 Å². The van der Waals surface area contributed by atoms with Crippen LogP contribution in [0.4, 0.5) is 0 Å². The van der Waals surface area contributed by atoms with Crippen LogP contribution in [0.2, 0.25) is 0 Å². The molecule has 2 atom stereocenters. The molecule has 6 heteroatoms. The van der Waals surface area contributed by atoms with Gasteiger partial charge >= 0.3 is 0 Å². The van der Waals surface area contributed by atoms with Crippen LogP contribution in [0.3, 0.4) is 0 Å². The molecule has 0 bridgehead atoms. The Balaban J connectivity index is 1.47. The second-order valence-corrected chi connectivity index (χ2v) is 8.78. The molecule has 1 aliphatic carbocycles. The lowest BCUT2D eigenvalue weighted by molar-refractivity contribution is -0.121. The van der Waals surface area contributed by atoms with Crippen molar-refractivity contribution in [2.45, 2.75) is 51.2 Å². The van der Waals surface area contributed by atoms with Crippen LogP contribution in [0.1, 0.15) is 48.5 Å². The van der Waals surface area contributed by atoms with Gasteiger partial charge in [-0.1, -0.05) is 25.1 Å². The molecule has 1 heterocycles. The van der Waals surface area contributed by atoms with Gasteiger partial charge in [0.1, 0.15) is 0 Å². The van der Waals surface area contributed by atoms with Gasteiger partial charge in [0.15, 0.2) is 0 Å². The Morgan fingerprint density at radius 3 is 2.53 bits per heavy atom. The maximum Gasteiger partial charge on any atom is 0.253 e. The lowest BCUT2D eigenvalue weighted by Gasteiger charge is -2.25. The maximum absolute atomic E-state index is 13.0. The first kappa shape index (κ1) is 22.1. The molecular weight excluding hydrogens is 400 g/mol. The van der Waals surface area contributed by atoms with E-state index >= 15 is 0 Å². The van der Waals surface area contributed by atoms with Crippen LogP contribution >= 0.6 is 0 Å². The molecule has 1 fully saturated rings. The Bertz CT molecular complexity index is 1130. The van der Waals surface area contributed by atoms with Crippen LogP contribution < -0.4 is 11.1 Å². The highest BCUT2D eigenvalue weighted by molar-refractivity contribution is 5.95. The average molecular weight is 433 g/mol. The molecule has 6 nitrogen and oxygen atoms in total. The number of aromatic nitrogens is 1. The van der Waals surface area contributed by atoms with E-state index in [4.69, 9.17) is 5.73 Å². The number of rotatable bonds is 6. The number of benzene rings is 2. The van der Waals surface area contributed by atoms with Crippen molar-refractivity contribution in [3.8, 4) is 11.1 Å². The largest absolute Gasteiger partial charge is 0.353 e. The zero-order chi connectivity index (χ0) is 22.8. The molecule has 3 aromatic rings. The molecule has 32 heavy (non-hydrogen) atoms. The minimum Gasteiger partial charge on any atom is -0.353 e. The van der Waals surface area contributed by atoms with Crippen molar-refractivity contribution in [2.75, 3.05) is 7.05 Å². The number of nitrogens with one attached hydrogen (secondary N) is 1. The molecule has 0 aliphatic heterocycles. The Labute approximate surface area is 189 Å². The molecule has 0 spiro atoms. The van der Waals surface area contributed by atoms with Crippen molar-refractivity contribution < 1.29 is 9.59 Å². The normalized spacial score (nSPS) is 18.1. The Morgan fingerprint density at radius 2 is 1.84 bits per heavy atom. The molecule has 2 amide bonds. The van der Waals surface area contributed by atoms with Gasteiger partial charge in [0.05, 0.1) is 0 Å². The number of nitrogens with two attached hydrogens (primary N) is 1. The molecule has 4 rings (SSSR count). The van der Waals surface area contributed by atoms with Gasteiger partial charge in [-0.3, -0.25) is 9.59 Å². The molecule has 1 aromatic heterocycles. The van der Waals surface area contributed by atoms with Crippen molar-refractivity contribution in [1.82, 2.24) is 14.8 Å². The fraction of sp³-hybridized carbons (Fsp3) is 0.385. The van der Waals surface area contributed by atoms with Crippen molar-refractivity contribution >= 4 is 22.7 Å². The average Bonchev–Trinajstić information content (AvgIpc) is 3.41. The van der Waals surface area contributed by atoms with E-state index in [-0.39, 0.29) is 23.9 Å². The topological polar surface area (TPSA) is 80.4 Å². The summed E-state index contributed by atoms with van der Waals surface area (Å²) >= 11 is 0. The van der Waals surface area contributed by atoms with E-state index in [1.807, 2.05) is 50.2 Å². The van der Waals surface area contributed by atoms with E-state index in [9.17, 15) is 9.59 Å². The monoisotopic (exact) mass is 432 g/mol. The number of aryl methyl sites for hydroxylation is 1. The lowest BCUT2D eigenvalue weighted by atomic mass is 10.0. The van der Waals surface area contributed by atoms with E-state index in [0.29, 0.717) is 18.5 Å². The Morgan fingerprint density at radius 1 is 1.12 bits per heavy atom. The van der Waals surface area contributed by atoms with E-state index < -0.39 is 0 Å². The van der Waals surface area contributed by atoms with Gasteiger partial charge in [-0.2, -0.15) is 0 Å². The third-order valence-corrected chi connectivity index (χ3v) is 6.72. The first-order valence-corrected chi connectivity index (χ1v) is 11.4. The Hall–Kier alpha value is -3.12. The van der Waals surface area contributed by atoms with Crippen LogP contribution in [0, 0.1) is 0 Å². The van der Waals surface area contributed by atoms with Crippen molar-refractivity contribution in [3.63, 3.8) is 0 Å². The Kier molecular flexibility index (Phi) is 6.33. The van der Waals surface area contributed by atoms with Crippen LogP contribution in [0.25, 0.3) is 22.0 Å².